The summed E-state index contributed by atoms with van der Waals surface area (Å²) < 4.78 is 1.66. The minimum atomic E-state index is -0.962. The molecule has 1 heterocycles. The Labute approximate surface area is 134 Å². The van der Waals surface area contributed by atoms with Crippen LogP contribution in [-0.2, 0) is 6.54 Å². The number of halogens is 1. The van der Waals surface area contributed by atoms with Crippen LogP contribution >= 0.6 is 0 Å². The van der Waals surface area contributed by atoms with Crippen molar-refractivity contribution in [1.82, 2.24) is 0 Å². The van der Waals surface area contributed by atoms with Crippen molar-refractivity contribution in [2.75, 3.05) is 0 Å². The Morgan fingerprint density at radius 3 is 2.50 bits per heavy atom. The van der Waals surface area contributed by atoms with Gasteiger partial charge in [0.2, 0.25) is 0 Å². The van der Waals surface area contributed by atoms with Crippen molar-refractivity contribution in [3.63, 3.8) is 0 Å². The molecule has 3 nitrogen and oxygen atoms in total. The predicted octanol–water partition coefficient (Wildman–Crippen LogP) is -4.47. The Bertz CT molecular complexity index is 505. The molecule has 0 aliphatic rings. The van der Waals surface area contributed by atoms with E-state index in [1.165, 1.54) is 0 Å². The number of carbonyl (C=O) groups is 1. The molecule has 0 unspecified atom stereocenters. The Morgan fingerprint density at radius 1 is 1.22 bits per heavy atom. The third kappa shape index (κ3) is 4.42. The Hall–Kier alpha value is -0.870. The van der Waals surface area contributed by atoms with Gasteiger partial charge in [0.25, 0.3) is 5.97 Å². The summed E-state index contributed by atoms with van der Waals surface area (Å²) in [6, 6.07) is 15.8. The van der Waals surface area contributed by atoms with Gasteiger partial charge in [-0.1, -0.05) is 42.5 Å². The summed E-state index contributed by atoms with van der Waals surface area (Å²) in [5.74, 6) is -0.962. The van der Waals surface area contributed by atoms with Crippen molar-refractivity contribution in [3.8, 4) is 0 Å². The summed E-state index contributed by atoms with van der Waals surface area (Å²) >= 11 is 0. The van der Waals surface area contributed by atoms with Crippen molar-refractivity contribution < 1.29 is 56.4 Å². The summed E-state index contributed by atoms with van der Waals surface area (Å²) in [5.41, 5.74) is 1.24. The normalized spacial score (nSPS) is 8.89. The standard InChI is InChI=1S/C13H11NO2.ClH.Na/c15-13(16)12-8-4-5-9-14(12)10-11-6-2-1-3-7-11;;/h1-7,9H,10H2,(H,15,16);1H;/q;;+1/p-1. The van der Waals surface area contributed by atoms with Crippen LogP contribution in [0.4, 0.5) is 0 Å². The molecule has 0 radical (unpaired) electrons. The van der Waals surface area contributed by atoms with Gasteiger partial charge in [0.05, 0.1) is 0 Å². The molecule has 0 aliphatic carbocycles. The van der Waals surface area contributed by atoms with Crippen molar-refractivity contribution in [2.45, 2.75) is 6.54 Å². The second kappa shape index (κ2) is 8.27. The fraction of sp³-hybridized carbons (Fsp3) is 0.0769. The zero-order valence-corrected chi connectivity index (χ0v) is 12.8. The van der Waals surface area contributed by atoms with E-state index in [0.717, 1.165) is 5.56 Å². The summed E-state index contributed by atoms with van der Waals surface area (Å²) in [5, 5.41) is 8.99. The molecule has 1 aromatic carbocycles. The van der Waals surface area contributed by atoms with Crippen molar-refractivity contribution in [2.24, 2.45) is 0 Å². The van der Waals surface area contributed by atoms with Crippen molar-refractivity contribution in [3.05, 3.63) is 66.0 Å². The number of carboxylic acids is 1. The number of hydrogen-bond acceptors (Lipinski definition) is 1. The van der Waals surface area contributed by atoms with Gasteiger partial charge in [0.1, 0.15) is 6.20 Å². The maximum Gasteiger partial charge on any atom is 1.00 e. The van der Waals surface area contributed by atoms with E-state index < -0.39 is 5.97 Å². The Morgan fingerprint density at radius 2 is 1.89 bits per heavy atom. The van der Waals surface area contributed by atoms with E-state index in [2.05, 4.69) is 6.07 Å². The van der Waals surface area contributed by atoms with Crippen molar-refractivity contribution >= 4 is 5.97 Å². The van der Waals surface area contributed by atoms with Crippen LogP contribution in [0.3, 0.4) is 0 Å². The van der Waals surface area contributed by atoms with Crippen LogP contribution in [0.15, 0.2) is 48.7 Å². The molecule has 18 heavy (non-hydrogen) atoms. The molecule has 2 rings (SSSR count). The molecule has 0 amide bonds. The van der Waals surface area contributed by atoms with Gasteiger partial charge in [-0.05, 0) is 0 Å². The fourth-order valence-corrected chi connectivity index (χ4v) is 1.53. The molecule has 1 aromatic heterocycles. The predicted molar refractivity (Wildman–Crippen MR) is 58.0 cm³/mol. The van der Waals surface area contributed by atoms with Gasteiger partial charge in [-0.2, -0.15) is 6.07 Å². The second-order valence-electron chi connectivity index (χ2n) is 3.42. The van der Waals surface area contributed by atoms with Crippen LogP contribution in [0.2, 0.25) is 0 Å². The first-order valence-corrected chi connectivity index (χ1v) is 4.95. The van der Waals surface area contributed by atoms with Gasteiger partial charge in [-0.3, -0.25) is 0 Å². The number of nitrogens with zero attached hydrogens (tertiary/aromatic N) is 1. The molecule has 0 spiro atoms. The first-order valence-electron chi connectivity index (χ1n) is 4.95. The zero-order valence-electron chi connectivity index (χ0n) is 10.0. The molecule has 2 aromatic rings. The molecule has 88 valence electrons. The molecule has 1 N–H and O–H groups in total. The Kier molecular flexibility index (Phi) is 7.87. The van der Waals surface area contributed by atoms with Crippen LogP contribution in [0.1, 0.15) is 16.1 Å². The van der Waals surface area contributed by atoms with Gasteiger partial charge >= 0.3 is 29.6 Å². The molecule has 5 heteroatoms. The molecular formula is C13H11ClNNaO2. The number of benzene rings is 1. The number of aromatic nitrogens is 1. The van der Waals surface area contributed by atoms with Gasteiger partial charge in [0.15, 0.2) is 12.2 Å². The first-order chi connectivity index (χ1) is 7.77. The van der Waals surface area contributed by atoms with E-state index in [1.54, 1.807) is 22.9 Å². The summed E-state index contributed by atoms with van der Waals surface area (Å²) in [4.78, 5) is 11.0. The molecule has 0 bridgehead atoms. The number of aromatic carboxylic acids is 1. The largest absolute Gasteiger partial charge is 1.00 e. The molecule has 0 atom stereocenters. The van der Waals surface area contributed by atoms with Gasteiger partial charge in [-0.25, -0.2) is 4.57 Å². The second-order valence-corrected chi connectivity index (χ2v) is 3.42. The minimum absolute atomic E-state index is 0. The third-order valence-corrected chi connectivity index (χ3v) is 2.27. The number of pyridine rings is 1. The third-order valence-electron chi connectivity index (χ3n) is 2.27. The summed E-state index contributed by atoms with van der Waals surface area (Å²) in [6.07, 6.45) is 1.74. The first kappa shape index (κ1) is 17.1. The molecular weight excluding hydrogens is 261 g/mol. The van der Waals surface area contributed by atoms with Crippen LogP contribution < -0.4 is 46.5 Å². The quantitative estimate of drug-likeness (QED) is 0.348. The molecule has 0 fully saturated rings. The van der Waals surface area contributed by atoms with E-state index >= 15 is 0 Å². The molecule has 0 aliphatic heterocycles. The van der Waals surface area contributed by atoms with Crippen LogP contribution in [0, 0.1) is 6.07 Å². The molecule has 0 saturated heterocycles. The number of rotatable bonds is 3. The average molecular weight is 272 g/mol. The van der Waals surface area contributed by atoms with Crippen molar-refractivity contribution in [1.29, 1.82) is 0 Å². The average Bonchev–Trinajstić information content (AvgIpc) is 2.31. The molecule has 0 saturated carbocycles. The number of hydrogen-bond donors (Lipinski definition) is 1. The van der Waals surface area contributed by atoms with E-state index in [-0.39, 0.29) is 47.7 Å². The van der Waals surface area contributed by atoms with E-state index in [4.69, 9.17) is 5.11 Å². The van der Waals surface area contributed by atoms with Crippen LogP contribution in [-0.4, -0.2) is 11.1 Å². The maximum atomic E-state index is 11.0. The maximum absolute atomic E-state index is 11.0. The Balaban J connectivity index is 0.00000144. The SMILES string of the molecule is O=C(O)c1[c-]ccc[n+]1Cc1ccccc1.[Cl-].[Na+]. The smallest absolute Gasteiger partial charge is 1.00 e. The van der Waals surface area contributed by atoms with E-state index in [0.29, 0.717) is 6.54 Å². The van der Waals surface area contributed by atoms with Crippen LogP contribution in [0.25, 0.3) is 0 Å². The van der Waals surface area contributed by atoms with Gasteiger partial charge in [-0.15, -0.1) is 0 Å². The van der Waals surface area contributed by atoms with Crippen LogP contribution in [0.5, 0.6) is 0 Å². The monoisotopic (exact) mass is 271 g/mol. The van der Waals surface area contributed by atoms with Gasteiger partial charge in [0, 0.05) is 5.56 Å². The minimum Gasteiger partial charge on any atom is -1.00 e. The summed E-state index contributed by atoms with van der Waals surface area (Å²) in [7, 11) is 0. The van der Waals surface area contributed by atoms with E-state index in [9.17, 15) is 4.79 Å². The summed E-state index contributed by atoms with van der Waals surface area (Å²) in [6.45, 7) is 0.541. The fourth-order valence-electron chi connectivity index (χ4n) is 1.53. The van der Waals surface area contributed by atoms with Gasteiger partial charge < -0.3 is 22.3 Å². The topological polar surface area (TPSA) is 41.2 Å². The van der Waals surface area contributed by atoms with E-state index in [1.807, 2.05) is 30.3 Å². The zero-order chi connectivity index (χ0) is 11.4. The number of carboxylic acid groups (broad SMARTS) is 1.